The summed E-state index contributed by atoms with van der Waals surface area (Å²) < 4.78 is 35.9. The van der Waals surface area contributed by atoms with Crippen molar-refractivity contribution < 1.29 is 19.9 Å². The standard InChI is InChI=1S/C19H28N3O6P/c1-11-16(17(25-2)18(27-11)21-8-7-15(23)20-19(21)24)28-29-22-13(10-26-29)9-12-5-3-4-6-14(12)22/h7-8,11-14,16-18H,3-6,9-10H2,1-2H3,(H,20,23,24)/t11?,12-,13-,14-,16?,17?,18?,29-/m0/s1/i1D. The van der Waals surface area contributed by atoms with Crippen molar-refractivity contribution in [2.24, 2.45) is 5.92 Å². The van der Waals surface area contributed by atoms with Crippen LogP contribution in [0, 0.1) is 5.92 Å². The smallest absolute Gasteiger partial charge is 0.330 e. The molecule has 1 aromatic rings. The number of fused-ring (bicyclic) bond motifs is 3. The van der Waals surface area contributed by atoms with Crippen LogP contribution < -0.4 is 11.2 Å². The molecule has 0 amide bonds. The first-order valence-corrected chi connectivity index (χ1v) is 11.4. The molecule has 1 aromatic heterocycles. The second kappa shape index (κ2) is 7.87. The highest BCUT2D eigenvalue weighted by Gasteiger charge is 2.54. The Kier molecular flexibility index (Phi) is 5.06. The summed E-state index contributed by atoms with van der Waals surface area (Å²) in [6.45, 7) is 0.649. The number of H-pyrrole nitrogens is 1. The number of nitrogens with zero attached hydrogens (tertiary/aromatic N) is 2. The zero-order chi connectivity index (χ0) is 20.8. The third-order valence-corrected chi connectivity index (χ3v) is 8.41. The van der Waals surface area contributed by atoms with Gasteiger partial charge in [0.25, 0.3) is 14.1 Å². The number of methoxy groups -OCH3 is 1. The van der Waals surface area contributed by atoms with E-state index >= 15 is 0 Å². The minimum atomic E-state index is -1.26. The van der Waals surface area contributed by atoms with E-state index in [4.69, 9.17) is 19.9 Å². The lowest BCUT2D eigenvalue weighted by Crippen LogP contribution is -2.40. The Morgan fingerprint density at radius 1 is 1.31 bits per heavy atom. The molecule has 3 aliphatic heterocycles. The Labute approximate surface area is 171 Å². The summed E-state index contributed by atoms with van der Waals surface area (Å²) in [5.74, 6) is 0.721. The van der Waals surface area contributed by atoms with Gasteiger partial charge in [-0.05, 0) is 32.1 Å². The molecule has 5 rings (SSSR count). The van der Waals surface area contributed by atoms with Crippen LogP contribution in [0.2, 0.25) is 0 Å². The van der Waals surface area contributed by atoms with Gasteiger partial charge in [-0.25, -0.2) is 9.46 Å². The van der Waals surface area contributed by atoms with Crippen LogP contribution >= 0.6 is 8.53 Å². The predicted octanol–water partition coefficient (Wildman–Crippen LogP) is 1.74. The zero-order valence-corrected chi connectivity index (χ0v) is 17.3. The molecule has 0 spiro atoms. The maximum atomic E-state index is 12.3. The van der Waals surface area contributed by atoms with E-state index < -0.39 is 44.3 Å². The number of aromatic amines is 1. The molecule has 8 atom stereocenters. The summed E-state index contributed by atoms with van der Waals surface area (Å²) in [5, 5.41) is 0. The molecular weight excluding hydrogens is 397 g/mol. The van der Waals surface area contributed by atoms with E-state index in [9.17, 15) is 9.59 Å². The second-order valence-corrected chi connectivity index (χ2v) is 9.67. The van der Waals surface area contributed by atoms with Crippen molar-refractivity contribution in [2.45, 2.75) is 75.6 Å². The Bertz CT molecular complexity index is 882. The van der Waals surface area contributed by atoms with E-state index in [1.54, 1.807) is 7.11 Å². The molecule has 4 unspecified atom stereocenters. The zero-order valence-electron chi connectivity index (χ0n) is 17.4. The number of hydrogen-bond donors (Lipinski definition) is 1. The van der Waals surface area contributed by atoms with Crippen LogP contribution in [0.1, 0.15) is 46.6 Å². The molecule has 1 aliphatic carbocycles. The maximum Gasteiger partial charge on any atom is 0.330 e. The molecule has 160 valence electrons. The first-order chi connectivity index (χ1) is 14.6. The predicted molar refractivity (Wildman–Crippen MR) is 105 cm³/mol. The number of ether oxygens (including phenoxy) is 2. The maximum absolute atomic E-state index is 12.3. The van der Waals surface area contributed by atoms with Gasteiger partial charge in [0.2, 0.25) is 0 Å². The Hall–Kier alpha value is -1.09. The molecule has 4 aliphatic rings. The van der Waals surface area contributed by atoms with Gasteiger partial charge in [0.15, 0.2) is 6.23 Å². The van der Waals surface area contributed by atoms with Crippen LogP contribution in [-0.2, 0) is 18.5 Å². The summed E-state index contributed by atoms with van der Waals surface area (Å²) in [5.41, 5.74) is -1.05. The second-order valence-electron chi connectivity index (χ2n) is 8.27. The van der Waals surface area contributed by atoms with Crippen molar-refractivity contribution in [1.29, 1.82) is 0 Å². The van der Waals surface area contributed by atoms with E-state index in [0.29, 0.717) is 18.7 Å². The van der Waals surface area contributed by atoms with Gasteiger partial charge in [-0.3, -0.25) is 14.3 Å². The van der Waals surface area contributed by atoms with Gasteiger partial charge < -0.3 is 18.5 Å². The third kappa shape index (κ3) is 3.42. The normalized spacial score (nSPS) is 42.6. The van der Waals surface area contributed by atoms with Crippen LogP contribution in [0.25, 0.3) is 0 Å². The van der Waals surface area contributed by atoms with Crippen molar-refractivity contribution in [1.82, 2.24) is 14.2 Å². The van der Waals surface area contributed by atoms with E-state index in [0.717, 1.165) is 5.92 Å². The van der Waals surface area contributed by atoms with Crippen LogP contribution in [0.5, 0.6) is 0 Å². The van der Waals surface area contributed by atoms with Gasteiger partial charge in [0.05, 0.1) is 12.7 Å². The van der Waals surface area contributed by atoms with Crippen LogP contribution in [0.15, 0.2) is 21.9 Å². The minimum Gasteiger partial charge on any atom is -0.374 e. The molecule has 1 N–H and O–H groups in total. The number of rotatable bonds is 4. The minimum absolute atomic E-state index is 0.0300. The van der Waals surface area contributed by atoms with Gasteiger partial charge >= 0.3 is 5.69 Å². The van der Waals surface area contributed by atoms with Gasteiger partial charge in [-0.2, -0.15) is 0 Å². The van der Waals surface area contributed by atoms with Crippen LogP contribution in [-0.4, -0.2) is 58.3 Å². The first kappa shape index (κ1) is 18.7. The summed E-state index contributed by atoms with van der Waals surface area (Å²) in [7, 11) is 0.280. The molecule has 29 heavy (non-hydrogen) atoms. The highest BCUT2D eigenvalue weighted by molar-refractivity contribution is 7.45. The molecule has 3 saturated heterocycles. The molecule has 9 nitrogen and oxygen atoms in total. The Morgan fingerprint density at radius 2 is 2.17 bits per heavy atom. The average Bonchev–Trinajstić information content (AvgIpc) is 3.40. The van der Waals surface area contributed by atoms with Crippen molar-refractivity contribution in [2.75, 3.05) is 13.7 Å². The van der Waals surface area contributed by atoms with Crippen LogP contribution in [0.4, 0.5) is 0 Å². The Morgan fingerprint density at radius 3 is 2.97 bits per heavy atom. The van der Waals surface area contributed by atoms with Crippen molar-refractivity contribution in [3.8, 4) is 0 Å². The van der Waals surface area contributed by atoms with E-state index in [1.807, 2.05) is 0 Å². The largest absolute Gasteiger partial charge is 0.374 e. The molecule has 4 fully saturated rings. The SMILES string of the molecule is [2H]CC1OC(n2ccc(=O)[nH]c2=O)C(OC)C1O[P@]1OC[C@@H]2C[C@@H]3CCCC[C@@H]3N21. The molecular formula is C19H28N3O6P. The fourth-order valence-corrected chi connectivity index (χ4v) is 7.32. The highest BCUT2D eigenvalue weighted by atomic mass is 31.2. The van der Waals surface area contributed by atoms with Gasteiger partial charge in [0, 0.05) is 32.8 Å². The van der Waals surface area contributed by atoms with E-state index in [2.05, 4.69) is 9.65 Å². The highest BCUT2D eigenvalue weighted by Crippen LogP contribution is 2.60. The summed E-state index contributed by atoms with van der Waals surface area (Å²) in [6.07, 6.45) is 5.08. The van der Waals surface area contributed by atoms with Crippen molar-refractivity contribution >= 4 is 8.53 Å². The lowest BCUT2D eigenvalue weighted by Gasteiger charge is -2.34. The molecule has 0 bridgehead atoms. The lowest BCUT2D eigenvalue weighted by molar-refractivity contribution is -0.0508. The monoisotopic (exact) mass is 426 g/mol. The summed E-state index contributed by atoms with van der Waals surface area (Å²) in [6, 6.07) is 2.18. The molecule has 10 heteroatoms. The number of nitrogens with one attached hydrogen (secondary N) is 1. The summed E-state index contributed by atoms with van der Waals surface area (Å²) in [4.78, 5) is 26.0. The molecule has 1 saturated carbocycles. The van der Waals surface area contributed by atoms with Gasteiger partial charge in [-0.15, -0.1) is 0 Å². The quantitative estimate of drug-likeness (QED) is 0.733. The van der Waals surface area contributed by atoms with E-state index in [1.165, 1.54) is 48.9 Å². The average molecular weight is 426 g/mol. The van der Waals surface area contributed by atoms with Crippen molar-refractivity contribution in [3.05, 3.63) is 33.1 Å². The third-order valence-electron chi connectivity index (χ3n) is 6.62. The molecule has 0 aromatic carbocycles. The first-order valence-electron chi connectivity index (χ1n) is 11.0. The van der Waals surface area contributed by atoms with Gasteiger partial charge in [0.1, 0.15) is 12.2 Å². The lowest BCUT2D eigenvalue weighted by atomic mass is 9.85. The van der Waals surface area contributed by atoms with Crippen molar-refractivity contribution in [3.63, 3.8) is 0 Å². The van der Waals surface area contributed by atoms with E-state index in [-0.39, 0.29) is 6.90 Å². The summed E-state index contributed by atoms with van der Waals surface area (Å²) >= 11 is 0. The van der Waals surface area contributed by atoms with Crippen LogP contribution in [0.3, 0.4) is 0 Å². The fourth-order valence-electron chi connectivity index (χ4n) is 5.28. The topological polar surface area (TPSA) is 95.0 Å². The van der Waals surface area contributed by atoms with Gasteiger partial charge in [-0.1, -0.05) is 12.8 Å². The Balaban J connectivity index is 1.38. The number of aromatic nitrogens is 2. The number of hydrogen-bond acceptors (Lipinski definition) is 7. The molecule has 4 heterocycles. The molecule has 0 radical (unpaired) electrons. The fraction of sp³-hybridized carbons (Fsp3) is 0.789.